The van der Waals surface area contributed by atoms with Gasteiger partial charge in [-0.15, -0.1) is 0 Å². The molecular weight excluding hydrogens is 282 g/mol. The molecule has 0 amide bonds. The molecule has 108 valence electrons. The number of sulfone groups is 1. The number of aryl methyl sites for hydroxylation is 1. The fraction of sp³-hybridized carbons (Fsp3) is 0.833. The second kappa shape index (κ2) is 6.17. The Morgan fingerprint density at radius 3 is 2.84 bits per heavy atom. The van der Waals surface area contributed by atoms with Gasteiger partial charge in [-0.05, 0) is 25.7 Å². The quantitative estimate of drug-likeness (QED) is 0.850. The van der Waals surface area contributed by atoms with Gasteiger partial charge in [-0.25, -0.2) is 13.4 Å². The van der Waals surface area contributed by atoms with E-state index in [1.165, 1.54) is 17.8 Å². The Bertz CT molecular complexity index is 513. The van der Waals surface area contributed by atoms with Crippen LogP contribution in [-0.2, 0) is 16.3 Å². The molecule has 1 saturated heterocycles. The summed E-state index contributed by atoms with van der Waals surface area (Å²) >= 11 is 1.43. The van der Waals surface area contributed by atoms with E-state index in [-0.39, 0.29) is 5.25 Å². The van der Waals surface area contributed by atoms with Gasteiger partial charge in [-0.1, -0.05) is 6.92 Å². The minimum absolute atomic E-state index is 0.194. The largest absolute Gasteiger partial charge is 0.347 e. The first-order valence-corrected chi connectivity index (χ1v) is 9.50. The van der Waals surface area contributed by atoms with Gasteiger partial charge in [0, 0.05) is 37.3 Å². The normalized spacial score (nSPS) is 21.4. The molecule has 1 aliphatic rings. The molecule has 0 N–H and O–H groups in total. The van der Waals surface area contributed by atoms with Crippen molar-refractivity contribution < 1.29 is 8.42 Å². The van der Waals surface area contributed by atoms with Gasteiger partial charge in [0.25, 0.3) is 0 Å². The van der Waals surface area contributed by atoms with E-state index in [2.05, 4.69) is 21.2 Å². The van der Waals surface area contributed by atoms with E-state index in [1.54, 1.807) is 0 Å². The Hall–Kier alpha value is -0.690. The van der Waals surface area contributed by atoms with Crippen LogP contribution in [0.1, 0.15) is 38.4 Å². The van der Waals surface area contributed by atoms with Crippen LogP contribution in [0.3, 0.4) is 0 Å². The van der Waals surface area contributed by atoms with Crippen LogP contribution in [0.4, 0.5) is 5.13 Å². The van der Waals surface area contributed by atoms with Crippen molar-refractivity contribution >= 4 is 26.5 Å². The molecule has 1 aromatic rings. The summed E-state index contributed by atoms with van der Waals surface area (Å²) in [7, 11) is -2.92. The van der Waals surface area contributed by atoms with Crippen LogP contribution in [0.25, 0.3) is 0 Å². The highest BCUT2D eigenvalue weighted by Crippen LogP contribution is 2.24. The molecule has 7 heteroatoms. The maximum Gasteiger partial charge on any atom is 0.205 e. The topological polar surface area (TPSA) is 63.2 Å². The first-order chi connectivity index (χ1) is 9.00. The van der Waals surface area contributed by atoms with Crippen LogP contribution in [0.15, 0.2) is 0 Å². The third kappa shape index (κ3) is 3.89. The fourth-order valence-corrected chi connectivity index (χ4v) is 4.28. The predicted molar refractivity (Wildman–Crippen MR) is 78.6 cm³/mol. The number of hydrogen-bond acceptors (Lipinski definition) is 6. The van der Waals surface area contributed by atoms with Crippen LogP contribution in [0.2, 0.25) is 0 Å². The zero-order chi connectivity index (χ0) is 13.9. The lowest BCUT2D eigenvalue weighted by Crippen LogP contribution is -2.26. The van der Waals surface area contributed by atoms with Crippen molar-refractivity contribution in [2.24, 2.45) is 0 Å². The lowest BCUT2D eigenvalue weighted by atomic mass is 10.2. The van der Waals surface area contributed by atoms with Crippen molar-refractivity contribution in [3.05, 3.63) is 5.82 Å². The van der Waals surface area contributed by atoms with Crippen molar-refractivity contribution in [3.63, 3.8) is 0 Å². The van der Waals surface area contributed by atoms with Gasteiger partial charge in [0.05, 0.1) is 5.25 Å². The van der Waals surface area contributed by atoms with Crippen molar-refractivity contribution in [2.45, 2.75) is 44.3 Å². The molecule has 1 atom stereocenters. The summed E-state index contributed by atoms with van der Waals surface area (Å²) < 4.78 is 27.6. The van der Waals surface area contributed by atoms with Gasteiger partial charge in [0.2, 0.25) is 5.13 Å². The lowest BCUT2D eigenvalue weighted by molar-refractivity contribution is 0.573. The summed E-state index contributed by atoms with van der Waals surface area (Å²) in [5.74, 6) is 0.909. The number of aromatic nitrogens is 2. The number of anilines is 1. The summed E-state index contributed by atoms with van der Waals surface area (Å²) in [4.78, 5) is 6.72. The zero-order valence-corrected chi connectivity index (χ0v) is 13.1. The van der Waals surface area contributed by atoms with E-state index in [9.17, 15) is 8.42 Å². The molecule has 0 aliphatic carbocycles. The van der Waals surface area contributed by atoms with Crippen LogP contribution in [0.5, 0.6) is 0 Å². The van der Waals surface area contributed by atoms with Gasteiger partial charge in [-0.3, -0.25) is 0 Å². The average molecular weight is 303 g/mol. The first kappa shape index (κ1) is 14.7. The molecule has 19 heavy (non-hydrogen) atoms. The smallest absolute Gasteiger partial charge is 0.205 e. The van der Waals surface area contributed by atoms with E-state index >= 15 is 0 Å². The minimum atomic E-state index is -2.92. The van der Waals surface area contributed by atoms with Gasteiger partial charge >= 0.3 is 0 Å². The molecule has 1 aliphatic heterocycles. The number of hydrogen-bond donors (Lipinski definition) is 0. The monoisotopic (exact) mass is 303 g/mol. The van der Waals surface area contributed by atoms with Gasteiger partial charge < -0.3 is 4.90 Å². The zero-order valence-electron chi connectivity index (χ0n) is 11.5. The van der Waals surface area contributed by atoms with Crippen LogP contribution >= 0.6 is 11.5 Å². The summed E-state index contributed by atoms with van der Waals surface area (Å²) in [5.41, 5.74) is 0. The van der Waals surface area contributed by atoms with Crippen molar-refractivity contribution in [1.29, 1.82) is 0 Å². The predicted octanol–water partition coefficient (Wildman–Crippen LogP) is 1.89. The highest BCUT2D eigenvalue weighted by atomic mass is 32.2. The molecule has 5 nitrogen and oxygen atoms in total. The van der Waals surface area contributed by atoms with Crippen molar-refractivity contribution in [2.75, 3.05) is 24.2 Å². The Morgan fingerprint density at radius 2 is 2.16 bits per heavy atom. The van der Waals surface area contributed by atoms with E-state index < -0.39 is 9.84 Å². The summed E-state index contributed by atoms with van der Waals surface area (Å²) in [5, 5.41) is 0.748. The van der Waals surface area contributed by atoms with E-state index in [0.717, 1.165) is 49.7 Å². The molecular formula is C12H21N3O2S2. The second-order valence-corrected chi connectivity index (χ2v) is 8.17. The highest BCUT2D eigenvalue weighted by Gasteiger charge is 2.25. The molecule has 1 aromatic heterocycles. The Balaban J connectivity index is 2.02. The molecule has 2 heterocycles. The third-order valence-electron chi connectivity index (χ3n) is 3.48. The third-order valence-corrected chi connectivity index (χ3v) is 5.98. The molecule has 0 spiro atoms. The first-order valence-electron chi connectivity index (χ1n) is 6.77. The summed E-state index contributed by atoms with van der Waals surface area (Å²) in [6.45, 7) is 3.76. The molecule has 1 unspecified atom stereocenters. The maximum atomic E-state index is 11.6. The maximum absolute atomic E-state index is 11.6. The van der Waals surface area contributed by atoms with Gasteiger partial charge in [0.15, 0.2) is 0 Å². The van der Waals surface area contributed by atoms with E-state index in [1.807, 2.05) is 0 Å². The standard InChI is InChI=1S/C12H21N3O2S2/c1-3-5-11-13-12(18-14-11)15-8-4-6-10(7-9-15)19(2,16)17/h10H,3-9H2,1-2H3. The highest BCUT2D eigenvalue weighted by molar-refractivity contribution is 7.91. The van der Waals surface area contributed by atoms with Crippen LogP contribution in [0, 0.1) is 0 Å². The van der Waals surface area contributed by atoms with Crippen LogP contribution in [-0.4, -0.2) is 42.4 Å². The van der Waals surface area contributed by atoms with E-state index in [0.29, 0.717) is 6.42 Å². The number of rotatable bonds is 4. The summed E-state index contributed by atoms with van der Waals surface area (Å²) in [6.07, 6.45) is 5.66. The lowest BCUT2D eigenvalue weighted by Gasteiger charge is -2.18. The van der Waals surface area contributed by atoms with Crippen molar-refractivity contribution in [3.8, 4) is 0 Å². The molecule has 0 radical (unpaired) electrons. The van der Waals surface area contributed by atoms with Crippen LogP contribution < -0.4 is 4.90 Å². The SMILES string of the molecule is CCCc1nsc(N2CCCC(S(C)(=O)=O)CC2)n1. The number of nitrogens with zero attached hydrogens (tertiary/aromatic N) is 3. The van der Waals surface area contributed by atoms with Gasteiger partial charge in [-0.2, -0.15) is 4.37 Å². The fourth-order valence-electron chi connectivity index (χ4n) is 2.38. The molecule has 0 aromatic carbocycles. The molecule has 1 fully saturated rings. The van der Waals surface area contributed by atoms with E-state index in [4.69, 9.17) is 0 Å². The Morgan fingerprint density at radius 1 is 1.37 bits per heavy atom. The Labute approximate surface area is 119 Å². The second-order valence-electron chi connectivity index (χ2n) is 5.11. The minimum Gasteiger partial charge on any atom is -0.347 e. The molecule has 2 rings (SSSR count). The average Bonchev–Trinajstić information content (AvgIpc) is 2.64. The van der Waals surface area contributed by atoms with Crippen molar-refractivity contribution in [1.82, 2.24) is 9.36 Å². The molecule has 0 bridgehead atoms. The molecule has 0 saturated carbocycles. The Kier molecular flexibility index (Phi) is 4.78. The summed E-state index contributed by atoms with van der Waals surface area (Å²) in [6, 6.07) is 0. The van der Waals surface area contributed by atoms with Gasteiger partial charge in [0.1, 0.15) is 15.7 Å².